The van der Waals surface area contributed by atoms with Crippen molar-refractivity contribution in [3.63, 3.8) is 0 Å². The fourth-order valence-electron chi connectivity index (χ4n) is 2.92. The number of nitriles is 1. The number of carbonyl (C=O) groups is 1. The van der Waals surface area contributed by atoms with Gasteiger partial charge in [0.1, 0.15) is 17.4 Å². The molecule has 1 saturated heterocycles. The van der Waals surface area contributed by atoms with E-state index in [0.29, 0.717) is 5.69 Å². The van der Waals surface area contributed by atoms with E-state index in [2.05, 4.69) is 10.3 Å². The molecule has 0 bridgehead atoms. The lowest BCUT2D eigenvalue weighted by molar-refractivity contribution is -0.137. The summed E-state index contributed by atoms with van der Waals surface area (Å²) in [6, 6.07) is 8.80. The van der Waals surface area contributed by atoms with Crippen molar-refractivity contribution >= 4 is 11.7 Å². The molecule has 0 aliphatic carbocycles. The number of nitrogens with zero attached hydrogens (tertiary/aromatic N) is 3. The van der Waals surface area contributed by atoms with Gasteiger partial charge in [0.05, 0.1) is 24.0 Å². The number of benzene rings is 1. The van der Waals surface area contributed by atoms with Gasteiger partial charge in [-0.1, -0.05) is 12.1 Å². The average molecular weight is 376 g/mol. The van der Waals surface area contributed by atoms with Gasteiger partial charge >= 0.3 is 12.2 Å². The third-order valence-corrected chi connectivity index (χ3v) is 4.39. The molecule has 2 heterocycles. The summed E-state index contributed by atoms with van der Waals surface area (Å²) in [5.74, 6) is 0. The number of hydrogen-bond donors (Lipinski definition) is 2. The summed E-state index contributed by atoms with van der Waals surface area (Å²) >= 11 is 0. The smallest absolute Gasteiger partial charge is 0.383 e. The van der Waals surface area contributed by atoms with Crippen LogP contribution >= 0.6 is 0 Å². The number of likely N-dealkylation sites (tertiary alicyclic amines) is 1. The topological polar surface area (TPSA) is 89.2 Å². The number of pyridine rings is 1. The number of anilines is 1. The molecule has 6 nitrogen and oxygen atoms in total. The first-order valence-corrected chi connectivity index (χ1v) is 8.03. The second-order valence-corrected chi connectivity index (χ2v) is 6.26. The zero-order valence-corrected chi connectivity index (χ0v) is 14.0. The number of nitrogens with one attached hydrogen (secondary N) is 1. The Morgan fingerprint density at radius 2 is 2.11 bits per heavy atom. The molecule has 0 radical (unpaired) electrons. The molecular weight excluding hydrogens is 361 g/mol. The molecule has 27 heavy (non-hydrogen) atoms. The van der Waals surface area contributed by atoms with Crippen molar-refractivity contribution in [3.05, 3.63) is 59.4 Å². The highest BCUT2D eigenvalue weighted by molar-refractivity contribution is 5.89. The van der Waals surface area contributed by atoms with Gasteiger partial charge in [0.2, 0.25) is 0 Å². The number of aliphatic hydroxyl groups is 1. The quantitative estimate of drug-likeness (QED) is 0.843. The third-order valence-electron chi connectivity index (χ3n) is 4.39. The maximum absolute atomic E-state index is 12.9. The number of amides is 2. The predicted octanol–water partition coefficient (Wildman–Crippen LogP) is 3.10. The van der Waals surface area contributed by atoms with Crippen LogP contribution in [0.5, 0.6) is 0 Å². The molecule has 9 heteroatoms. The van der Waals surface area contributed by atoms with E-state index in [1.165, 1.54) is 35.4 Å². The minimum Gasteiger partial charge on any atom is -0.383 e. The van der Waals surface area contributed by atoms with Crippen LogP contribution in [0, 0.1) is 11.3 Å². The number of β-amino-alcohol motifs (C(OH)–C–C–N with tert-alkyl or cyclic N) is 1. The standard InChI is InChI=1S/C18H15F3N4O2/c19-18(20,21)13-3-1-2-12(8-13)17(27)6-7-25(11-17)16(26)24-15-5-4-14(9-22)23-10-15/h1-5,8,10,27H,6-7,11H2,(H,24,26). The number of halogens is 3. The lowest BCUT2D eigenvalue weighted by Crippen LogP contribution is -2.37. The first kappa shape index (κ1) is 18.7. The zero-order valence-electron chi connectivity index (χ0n) is 14.0. The molecule has 0 saturated carbocycles. The van der Waals surface area contributed by atoms with E-state index >= 15 is 0 Å². The molecule has 140 valence electrons. The van der Waals surface area contributed by atoms with Crippen LogP contribution in [0.15, 0.2) is 42.6 Å². The molecule has 2 aromatic rings. The zero-order chi connectivity index (χ0) is 19.7. The van der Waals surface area contributed by atoms with Crippen molar-refractivity contribution in [3.8, 4) is 6.07 Å². The first-order chi connectivity index (χ1) is 12.7. The lowest BCUT2D eigenvalue weighted by Gasteiger charge is -2.25. The van der Waals surface area contributed by atoms with Crippen LogP contribution < -0.4 is 5.32 Å². The molecule has 1 aliphatic heterocycles. The largest absolute Gasteiger partial charge is 0.416 e. The van der Waals surface area contributed by atoms with E-state index in [1.54, 1.807) is 0 Å². The monoisotopic (exact) mass is 376 g/mol. The Labute approximate surface area is 152 Å². The molecule has 1 aliphatic rings. The van der Waals surface area contributed by atoms with Gasteiger partial charge in [-0.3, -0.25) is 0 Å². The summed E-state index contributed by atoms with van der Waals surface area (Å²) in [6.07, 6.45) is -3.07. The number of urea groups is 1. The molecule has 0 spiro atoms. The minimum atomic E-state index is -4.51. The minimum absolute atomic E-state index is 0.118. The van der Waals surface area contributed by atoms with Crippen LogP contribution in [0.25, 0.3) is 0 Å². The van der Waals surface area contributed by atoms with E-state index in [4.69, 9.17) is 5.26 Å². The van der Waals surface area contributed by atoms with Gasteiger partial charge in [-0.15, -0.1) is 0 Å². The highest BCUT2D eigenvalue weighted by Gasteiger charge is 2.41. The number of aromatic nitrogens is 1. The Balaban J connectivity index is 1.71. The Bertz CT molecular complexity index is 893. The summed E-state index contributed by atoms with van der Waals surface area (Å²) in [7, 11) is 0. The van der Waals surface area contributed by atoms with E-state index in [9.17, 15) is 23.1 Å². The molecule has 1 atom stereocenters. The highest BCUT2D eigenvalue weighted by atomic mass is 19.4. The third kappa shape index (κ3) is 4.01. The maximum Gasteiger partial charge on any atom is 0.416 e. The molecule has 2 amide bonds. The van der Waals surface area contributed by atoms with E-state index in [1.807, 2.05) is 6.07 Å². The van der Waals surface area contributed by atoms with Crippen LogP contribution in [0.1, 0.15) is 23.2 Å². The fraction of sp³-hybridized carbons (Fsp3) is 0.278. The number of carbonyl (C=O) groups excluding carboxylic acids is 1. The SMILES string of the molecule is N#Cc1ccc(NC(=O)N2CCC(O)(c3cccc(C(F)(F)F)c3)C2)cn1. The van der Waals surface area contributed by atoms with Crippen molar-refractivity contribution in [2.24, 2.45) is 0 Å². The van der Waals surface area contributed by atoms with Crippen LogP contribution in [0.4, 0.5) is 23.7 Å². The number of alkyl halides is 3. The first-order valence-electron chi connectivity index (χ1n) is 8.03. The molecule has 2 N–H and O–H groups in total. The van der Waals surface area contributed by atoms with Crippen LogP contribution in [0.3, 0.4) is 0 Å². The Morgan fingerprint density at radius 3 is 2.74 bits per heavy atom. The van der Waals surface area contributed by atoms with Crippen molar-refractivity contribution in [1.82, 2.24) is 9.88 Å². The summed E-state index contributed by atoms with van der Waals surface area (Å²) < 4.78 is 38.7. The van der Waals surface area contributed by atoms with Crippen LogP contribution in [0.2, 0.25) is 0 Å². The van der Waals surface area contributed by atoms with Crippen molar-refractivity contribution < 1.29 is 23.1 Å². The second-order valence-electron chi connectivity index (χ2n) is 6.26. The summed E-state index contributed by atoms with van der Waals surface area (Å²) in [6.45, 7) is 0.0478. The summed E-state index contributed by atoms with van der Waals surface area (Å²) in [4.78, 5) is 17.5. The Hall–Kier alpha value is -3.12. The number of rotatable bonds is 2. The van der Waals surface area contributed by atoms with Gasteiger partial charge in [0.15, 0.2) is 0 Å². The second kappa shape index (κ2) is 6.89. The summed E-state index contributed by atoms with van der Waals surface area (Å²) in [5.41, 5.74) is -1.71. The molecule has 1 fully saturated rings. The Morgan fingerprint density at radius 1 is 1.33 bits per heavy atom. The van der Waals surface area contributed by atoms with E-state index in [-0.39, 0.29) is 30.8 Å². The van der Waals surface area contributed by atoms with Crippen molar-refractivity contribution in [1.29, 1.82) is 5.26 Å². The predicted molar refractivity (Wildman–Crippen MR) is 89.5 cm³/mol. The summed E-state index contributed by atoms with van der Waals surface area (Å²) in [5, 5.41) is 22.1. The molecule has 3 rings (SSSR count). The van der Waals surface area contributed by atoms with Crippen molar-refractivity contribution in [2.75, 3.05) is 18.4 Å². The lowest BCUT2D eigenvalue weighted by atomic mass is 9.91. The van der Waals surface area contributed by atoms with Gasteiger partial charge in [-0.2, -0.15) is 18.4 Å². The van der Waals surface area contributed by atoms with Crippen molar-refractivity contribution in [2.45, 2.75) is 18.2 Å². The van der Waals surface area contributed by atoms with Gasteiger partial charge in [0, 0.05) is 6.54 Å². The molecule has 1 unspecified atom stereocenters. The van der Waals surface area contributed by atoms with Gasteiger partial charge in [0.25, 0.3) is 0 Å². The average Bonchev–Trinajstić information content (AvgIpc) is 3.05. The normalized spacial score (nSPS) is 19.6. The Kier molecular flexibility index (Phi) is 4.76. The molecule has 1 aromatic heterocycles. The van der Waals surface area contributed by atoms with Gasteiger partial charge < -0.3 is 15.3 Å². The highest BCUT2D eigenvalue weighted by Crippen LogP contribution is 2.36. The fourth-order valence-corrected chi connectivity index (χ4v) is 2.92. The van der Waals surface area contributed by atoms with Crippen LogP contribution in [-0.2, 0) is 11.8 Å². The van der Waals surface area contributed by atoms with Gasteiger partial charge in [-0.05, 0) is 36.2 Å². The van der Waals surface area contributed by atoms with Crippen LogP contribution in [-0.4, -0.2) is 34.1 Å². The van der Waals surface area contributed by atoms with E-state index in [0.717, 1.165) is 12.1 Å². The maximum atomic E-state index is 12.9. The number of hydrogen-bond acceptors (Lipinski definition) is 4. The molecule has 1 aromatic carbocycles. The molecular formula is C18H15F3N4O2. The van der Waals surface area contributed by atoms with E-state index < -0.39 is 23.4 Å². The van der Waals surface area contributed by atoms with Gasteiger partial charge in [-0.25, -0.2) is 9.78 Å².